The molecule has 0 bridgehead atoms. The zero-order chi connectivity index (χ0) is 15.8. The fraction of sp³-hybridized carbons (Fsp3) is 0.333. The quantitative estimate of drug-likeness (QED) is 0.711. The summed E-state index contributed by atoms with van der Waals surface area (Å²) in [6.07, 6.45) is 4.44. The van der Waals surface area contributed by atoms with Crippen LogP contribution >= 0.6 is 0 Å². The van der Waals surface area contributed by atoms with Crippen LogP contribution in [0, 0.1) is 5.92 Å². The number of benzene rings is 1. The minimum atomic E-state index is 0.609. The molecular formula is C18H19N3O2. The van der Waals surface area contributed by atoms with Gasteiger partial charge in [0.05, 0.1) is 25.0 Å². The van der Waals surface area contributed by atoms with Crippen LogP contribution in [-0.4, -0.2) is 28.2 Å². The van der Waals surface area contributed by atoms with Gasteiger partial charge >= 0.3 is 0 Å². The van der Waals surface area contributed by atoms with E-state index in [0.29, 0.717) is 12.2 Å². The molecule has 1 aliphatic carbocycles. The molecular weight excluding hydrogens is 290 g/mol. The normalized spacial score (nSPS) is 14.3. The standard InChI is InChI=1S/C18H19N3O2/c1-23-15-6-4-13(5-7-15)10-21-18-16(9-14(11-22)19-18)17(20-21)8-12-2-3-12/h4-7,9,11-12,19H,2-3,8,10H2,1H3. The van der Waals surface area contributed by atoms with E-state index in [4.69, 9.17) is 9.84 Å². The number of fused-ring (bicyclic) bond motifs is 1. The Bertz CT molecular complexity index is 841. The number of nitrogens with one attached hydrogen (secondary N) is 1. The number of aromatic amines is 1. The van der Waals surface area contributed by atoms with Gasteiger partial charge in [-0.25, -0.2) is 4.68 Å². The lowest BCUT2D eigenvalue weighted by molar-refractivity contribution is 0.111. The average molecular weight is 309 g/mol. The van der Waals surface area contributed by atoms with E-state index in [1.807, 2.05) is 35.0 Å². The molecule has 3 aromatic rings. The molecule has 118 valence electrons. The predicted molar refractivity (Wildman–Crippen MR) is 88.0 cm³/mol. The van der Waals surface area contributed by atoms with Gasteiger partial charge in [0.15, 0.2) is 6.29 Å². The molecule has 1 N–H and O–H groups in total. The number of rotatable bonds is 6. The molecule has 4 rings (SSSR count). The summed E-state index contributed by atoms with van der Waals surface area (Å²) in [4.78, 5) is 14.3. The van der Waals surface area contributed by atoms with Gasteiger partial charge in [-0.1, -0.05) is 12.1 Å². The van der Waals surface area contributed by atoms with Crippen molar-refractivity contribution in [3.63, 3.8) is 0 Å². The first-order valence-electron chi connectivity index (χ1n) is 7.93. The molecule has 0 radical (unpaired) electrons. The second kappa shape index (κ2) is 5.57. The highest BCUT2D eigenvalue weighted by Gasteiger charge is 2.25. The van der Waals surface area contributed by atoms with Crippen LogP contribution in [0.25, 0.3) is 11.0 Å². The fourth-order valence-corrected chi connectivity index (χ4v) is 2.97. The van der Waals surface area contributed by atoms with Gasteiger partial charge in [0.1, 0.15) is 11.4 Å². The Balaban J connectivity index is 1.69. The molecule has 5 nitrogen and oxygen atoms in total. The van der Waals surface area contributed by atoms with Crippen LogP contribution in [0.4, 0.5) is 0 Å². The number of aldehydes is 1. The number of hydrogen-bond donors (Lipinski definition) is 1. The molecule has 0 spiro atoms. The number of hydrogen-bond acceptors (Lipinski definition) is 3. The van der Waals surface area contributed by atoms with E-state index in [2.05, 4.69) is 4.98 Å². The molecule has 0 unspecified atom stereocenters. The number of methoxy groups -OCH3 is 1. The molecule has 0 atom stereocenters. The van der Waals surface area contributed by atoms with Crippen molar-refractivity contribution in [3.05, 3.63) is 47.3 Å². The molecule has 1 saturated carbocycles. The first-order chi connectivity index (χ1) is 11.3. The van der Waals surface area contributed by atoms with Crippen molar-refractivity contribution in [3.8, 4) is 5.75 Å². The summed E-state index contributed by atoms with van der Waals surface area (Å²) in [5, 5.41) is 5.86. The lowest BCUT2D eigenvalue weighted by Crippen LogP contribution is -2.03. The van der Waals surface area contributed by atoms with Crippen LogP contribution in [0.3, 0.4) is 0 Å². The summed E-state index contributed by atoms with van der Waals surface area (Å²) < 4.78 is 7.16. The van der Waals surface area contributed by atoms with Gasteiger partial charge in [-0.05, 0) is 48.9 Å². The Labute approximate surface area is 134 Å². The van der Waals surface area contributed by atoms with Crippen LogP contribution in [0.2, 0.25) is 0 Å². The van der Waals surface area contributed by atoms with Gasteiger partial charge in [-0.15, -0.1) is 0 Å². The highest BCUT2D eigenvalue weighted by atomic mass is 16.5. The van der Waals surface area contributed by atoms with Crippen molar-refractivity contribution >= 4 is 17.3 Å². The Morgan fingerprint density at radius 2 is 2.13 bits per heavy atom. The topological polar surface area (TPSA) is 59.9 Å². The molecule has 5 heteroatoms. The van der Waals surface area contributed by atoms with Crippen molar-refractivity contribution in [2.45, 2.75) is 25.8 Å². The van der Waals surface area contributed by atoms with Crippen LogP contribution < -0.4 is 4.74 Å². The molecule has 1 aromatic carbocycles. The van der Waals surface area contributed by atoms with Crippen LogP contribution in [-0.2, 0) is 13.0 Å². The van der Waals surface area contributed by atoms with Crippen LogP contribution in [0.15, 0.2) is 30.3 Å². The number of ether oxygens (including phenoxy) is 1. The van der Waals surface area contributed by atoms with E-state index in [1.165, 1.54) is 12.8 Å². The Hall–Kier alpha value is -2.56. The van der Waals surface area contributed by atoms with Gasteiger partial charge < -0.3 is 9.72 Å². The number of H-pyrrole nitrogens is 1. The number of aromatic nitrogens is 3. The smallest absolute Gasteiger partial charge is 0.166 e. The van der Waals surface area contributed by atoms with E-state index in [0.717, 1.165) is 46.7 Å². The van der Waals surface area contributed by atoms with Gasteiger partial charge in [0.2, 0.25) is 0 Å². The van der Waals surface area contributed by atoms with Crippen LogP contribution in [0.5, 0.6) is 5.75 Å². The lowest BCUT2D eigenvalue weighted by atomic mass is 10.2. The largest absolute Gasteiger partial charge is 0.497 e. The third kappa shape index (κ3) is 2.74. The summed E-state index contributed by atoms with van der Waals surface area (Å²) in [5.41, 5.74) is 3.78. The van der Waals surface area contributed by atoms with E-state index in [1.54, 1.807) is 7.11 Å². The first-order valence-corrected chi connectivity index (χ1v) is 7.93. The summed E-state index contributed by atoms with van der Waals surface area (Å²) in [6, 6.07) is 9.89. The SMILES string of the molecule is COc1ccc(Cn2nc(CC3CC3)c3cc(C=O)[nH]c32)cc1. The monoisotopic (exact) mass is 309 g/mol. The fourth-order valence-electron chi connectivity index (χ4n) is 2.97. The Morgan fingerprint density at radius 3 is 2.78 bits per heavy atom. The molecule has 1 fully saturated rings. The molecule has 2 heterocycles. The maximum absolute atomic E-state index is 11.1. The number of carbonyl (C=O) groups excluding carboxylic acids is 1. The summed E-state index contributed by atoms with van der Waals surface area (Å²) in [6.45, 7) is 0.671. The van der Waals surface area contributed by atoms with Gasteiger partial charge in [-0.2, -0.15) is 5.10 Å². The predicted octanol–water partition coefficient (Wildman–Crippen LogP) is 3.19. The molecule has 0 amide bonds. The maximum atomic E-state index is 11.1. The third-order valence-corrected chi connectivity index (χ3v) is 4.43. The van der Waals surface area contributed by atoms with Gasteiger partial charge in [0.25, 0.3) is 0 Å². The highest BCUT2D eigenvalue weighted by molar-refractivity contribution is 5.87. The molecule has 0 aliphatic heterocycles. The minimum absolute atomic E-state index is 0.609. The molecule has 1 aliphatic rings. The number of carbonyl (C=O) groups is 1. The van der Waals surface area contributed by atoms with E-state index < -0.39 is 0 Å². The second-order valence-electron chi connectivity index (χ2n) is 6.20. The number of nitrogens with zero attached hydrogens (tertiary/aromatic N) is 2. The minimum Gasteiger partial charge on any atom is -0.497 e. The van der Waals surface area contributed by atoms with Crippen molar-refractivity contribution in [1.29, 1.82) is 0 Å². The first kappa shape index (κ1) is 14.1. The van der Waals surface area contributed by atoms with Gasteiger partial charge in [-0.3, -0.25) is 4.79 Å². The zero-order valence-corrected chi connectivity index (χ0v) is 13.1. The van der Waals surface area contributed by atoms with Crippen molar-refractivity contribution < 1.29 is 9.53 Å². The summed E-state index contributed by atoms with van der Waals surface area (Å²) >= 11 is 0. The van der Waals surface area contributed by atoms with Crippen LogP contribution in [0.1, 0.15) is 34.6 Å². The zero-order valence-electron chi connectivity index (χ0n) is 13.1. The van der Waals surface area contributed by atoms with Gasteiger partial charge in [0, 0.05) is 5.39 Å². The van der Waals surface area contributed by atoms with Crippen molar-refractivity contribution in [1.82, 2.24) is 14.8 Å². The van der Waals surface area contributed by atoms with Crippen molar-refractivity contribution in [2.24, 2.45) is 5.92 Å². The molecule has 23 heavy (non-hydrogen) atoms. The summed E-state index contributed by atoms with van der Waals surface area (Å²) in [5.74, 6) is 1.61. The Morgan fingerprint density at radius 1 is 1.35 bits per heavy atom. The molecule has 2 aromatic heterocycles. The third-order valence-electron chi connectivity index (χ3n) is 4.43. The maximum Gasteiger partial charge on any atom is 0.166 e. The van der Waals surface area contributed by atoms with E-state index in [9.17, 15) is 4.79 Å². The lowest BCUT2D eigenvalue weighted by Gasteiger charge is -2.05. The summed E-state index contributed by atoms with van der Waals surface area (Å²) in [7, 11) is 1.66. The molecule has 0 saturated heterocycles. The highest BCUT2D eigenvalue weighted by Crippen LogP contribution is 2.34. The second-order valence-corrected chi connectivity index (χ2v) is 6.20. The van der Waals surface area contributed by atoms with E-state index in [-0.39, 0.29) is 0 Å². The van der Waals surface area contributed by atoms with Crippen molar-refractivity contribution in [2.75, 3.05) is 7.11 Å². The van der Waals surface area contributed by atoms with E-state index >= 15 is 0 Å². The Kier molecular flexibility index (Phi) is 3.41. The average Bonchev–Trinajstić information content (AvgIpc) is 3.20.